The summed E-state index contributed by atoms with van der Waals surface area (Å²) >= 11 is 2.21. The highest BCUT2D eigenvalue weighted by atomic mass is 127. The van der Waals surface area contributed by atoms with Crippen molar-refractivity contribution in [3.05, 3.63) is 67.3 Å². The molecule has 0 saturated heterocycles. The molecule has 5 nitrogen and oxygen atoms in total. The zero-order chi connectivity index (χ0) is 15.4. The highest BCUT2D eigenvalue weighted by Crippen LogP contribution is 2.25. The van der Waals surface area contributed by atoms with E-state index in [1.165, 1.54) is 19.1 Å². The molecule has 0 aliphatic rings. The maximum Gasteiger partial charge on any atom is 0.283 e. The predicted molar refractivity (Wildman–Crippen MR) is 86.6 cm³/mol. The Morgan fingerprint density at radius 3 is 2.48 bits per heavy atom. The fourth-order valence-corrected chi connectivity index (χ4v) is 2.16. The van der Waals surface area contributed by atoms with Gasteiger partial charge in [-0.15, -0.1) is 0 Å². The third-order valence-electron chi connectivity index (χ3n) is 2.86. The van der Waals surface area contributed by atoms with Crippen molar-refractivity contribution in [3.8, 4) is 5.75 Å². The van der Waals surface area contributed by atoms with Gasteiger partial charge < -0.3 is 4.74 Å². The molecule has 0 unspecified atom stereocenters. The fraction of sp³-hybridized carbons (Fsp3) is 0.133. The zero-order valence-corrected chi connectivity index (χ0v) is 13.4. The van der Waals surface area contributed by atoms with Crippen molar-refractivity contribution >= 4 is 34.1 Å². The van der Waals surface area contributed by atoms with Crippen molar-refractivity contribution in [2.45, 2.75) is 13.5 Å². The van der Waals surface area contributed by atoms with Crippen molar-refractivity contribution in [2.75, 3.05) is 0 Å². The molecule has 0 radical (unpaired) electrons. The van der Waals surface area contributed by atoms with Crippen LogP contribution in [0.4, 0.5) is 5.69 Å². The predicted octanol–water partition coefficient (Wildman–Crippen LogP) is 3.98. The molecule has 0 saturated carbocycles. The van der Waals surface area contributed by atoms with E-state index in [9.17, 15) is 14.9 Å². The van der Waals surface area contributed by atoms with E-state index < -0.39 is 4.92 Å². The molecule has 0 aliphatic heterocycles. The van der Waals surface area contributed by atoms with Crippen LogP contribution in [-0.4, -0.2) is 10.7 Å². The smallest absolute Gasteiger partial charge is 0.283 e. The molecule has 0 bridgehead atoms. The van der Waals surface area contributed by atoms with Crippen molar-refractivity contribution in [1.82, 2.24) is 0 Å². The second-order valence-corrected chi connectivity index (χ2v) is 5.65. The number of nitro groups is 1. The average molecular weight is 397 g/mol. The molecule has 0 spiro atoms. The Labute approximate surface area is 135 Å². The number of carbonyl (C=O) groups excluding carboxylic acids is 1. The molecule has 0 aliphatic carbocycles. The lowest BCUT2D eigenvalue weighted by Gasteiger charge is -2.07. The first-order chi connectivity index (χ1) is 9.97. The van der Waals surface area contributed by atoms with Crippen molar-refractivity contribution in [2.24, 2.45) is 0 Å². The molecule has 0 fully saturated rings. The number of carbonyl (C=O) groups is 1. The molecule has 0 atom stereocenters. The number of Topliss-reactive ketones (excluding diaryl/α,β-unsaturated/α-hetero) is 1. The maximum atomic E-state index is 11.3. The quantitative estimate of drug-likeness (QED) is 0.331. The molecule has 0 amide bonds. The van der Waals surface area contributed by atoms with E-state index in [0.29, 0.717) is 12.4 Å². The van der Waals surface area contributed by atoms with Crippen LogP contribution in [0.1, 0.15) is 22.8 Å². The molecular weight excluding hydrogens is 385 g/mol. The van der Waals surface area contributed by atoms with Crippen LogP contribution in [0, 0.1) is 13.7 Å². The fourth-order valence-electron chi connectivity index (χ4n) is 1.80. The first-order valence-corrected chi connectivity index (χ1v) is 7.22. The summed E-state index contributed by atoms with van der Waals surface area (Å²) in [4.78, 5) is 21.8. The molecule has 21 heavy (non-hydrogen) atoms. The minimum absolute atomic E-state index is 0.0848. The number of benzene rings is 2. The summed E-state index contributed by atoms with van der Waals surface area (Å²) in [5, 5.41) is 11.0. The van der Waals surface area contributed by atoms with Gasteiger partial charge in [-0.2, -0.15) is 0 Å². The first-order valence-electron chi connectivity index (χ1n) is 6.14. The Kier molecular flexibility index (Phi) is 4.89. The summed E-state index contributed by atoms with van der Waals surface area (Å²) < 4.78 is 6.66. The van der Waals surface area contributed by atoms with Crippen LogP contribution in [0.5, 0.6) is 5.75 Å². The largest absolute Gasteiger partial charge is 0.489 e. The summed E-state index contributed by atoms with van der Waals surface area (Å²) in [5.41, 5.74) is 0.818. The number of ether oxygens (including phenoxy) is 1. The topological polar surface area (TPSA) is 69.4 Å². The van der Waals surface area contributed by atoms with E-state index in [1.807, 2.05) is 24.3 Å². The summed E-state index contributed by atoms with van der Waals surface area (Å²) in [7, 11) is 0. The normalized spacial score (nSPS) is 10.2. The molecule has 108 valence electrons. The SMILES string of the molecule is CC(=O)c1ccc(OCc2ccc(I)cc2)cc1[N+](=O)[O-]. The Morgan fingerprint density at radius 2 is 1.90 bits per heavy atom. The Hall–Kier alpha value is -1.96. The molecular formula is C15H12INO4. The lowest BCUT2D eigenvalue weighted by molar-refractivity contribution is -0.385. The van der Waals surface area contributed by atoms with Gasteiger partial charge in [-0.05, 0) is 59.3 Å². The van der Waals surface area contributed by atoms with E-state index in [4.69, 9.17) is 4.74 Å². The molecule has 2 rings (SSSR count). The Morgan fingerprint density at radius 1 is 1.24 bits per heavy atom. The van der Waals surface area contributed by atoms with Gasteiger partial charge in [0.25, 0.3) is 5.69 Å². The first kappa shape index (κ1) is 15.4. The van der Waals surface area contributed by atoms with Crippen LogP contribution in [0.2, 0.25) is 0 Å². The Bertz CT molecular complexity index is 683. The van der Waals surface area contributed by atoms with Gasteiger partial charge in [0.05, 0.1) is 16.6 Å². The van der Waals surface area contributed by atoms with Gasteiger partial charge in [-0.3, -0.25) is 14.9 Å². The van der Waals surface area contributed by atoms with Gasteiger partial charge in [-0.1, -0.05) is 12.1 Å². The number of hydrogen-bond donors (Lipinski definition) is 0. The van der Waals surface area contributed by atoms with Gasteiger partial charge in [0.1, 0.15) is 12.4 Å². The third kappa shape index (κ3) is 4.01. The standard InChI is InChI=1S/C15H12INO4/c1-10(18)14-7-6-13(8-15(14)17(19)20)21-9-11-2-4-12(16)5-3-11/h2-8H,9H2,1H3. The number of halogens is 1. The van der Waals surface area contributed by atoms with Gasteiger partial charge in [0.2, 0.25) is 0 Å². The second-order valence-electron chi connectivity index (χ2n) is 4.41. The maximum absolute atomic E-state index is 11.3. The number of nitro benzene ring substituents is 1. The van der Waals surface area contributed by atoms with E-state index in [2.05, 4.69) is 22.6 Å². The van der Waals surface area contributed by atoms with E-state index >= 15 is 0 Å². The summed E-state index contributed by atoms with van der Waals surface area (Å²) in [6.07, 6.45) is 0. The molecule has 0 N–H and O–H groups in total. The van der Waals surface area contributed by atoms with Gasteiger partial charge in [0, 0.05) is 3.57 Å². The number of nitrogens with zero attached hydrogens (tertiary/aromatic N) is 1. The molecule has 2 aromatic carbocycles. The third-order valence-corrected chi connectivity index (χ3v) is 3.58. The van der Waals surface area contributed by atoms with Crippen molar-refractivity contribution < 1.29 is 14.5 Å². The van der Waals surface area contributed by atoms with Gasteiger partial charge in [0.15, 0.2) is 5.78 Å². The van der Waals surface area contributed by atoms with Crippen LogP contribution in [0.15, 0.2) is 42.5 Å². The highest BCUT2D eigenvalue weighted by Gasteiger charge is 2.18. The van der Waals surface area contributed by atoms with E-state index in [0.717, 1.165) is 9.13 Å². The molecule has 2 aromatic rings. The van der Waals surface area contributed by atoms with Crippen LogP contribution in [-0.2, 0) is 6.61 Å². The number of hydrogen-bond acceptors (Lipinski definition) is 4. The molecule has 6 heteroatoms. The minimum atomic E-state index is -0.575. The lowest BCUT2D eigenvalue weighted by Crippen LogP contribution is -2.02. The van der Waals surface area contributed by atoms with Crippen molar-refractivity contribution in [1.29, 1.82) is 0 Å². The highest BCUT2D eigenvalue weighted by molar-refractivity contribution is 14.1. The Balaban J connectivity index is 2.17. The van der Waals surface area contributed by atoms with E-state index in [1.54, 1.807) is 6.07 Å². The van der Waals surface area contributed by atoms with Crippen LogP contribution < -0.4 is 4.74 Å². The summed E-state index contributed by atoms with van der Waals surface area (Å²) in [5.74, 6) is 0.0242. The van der Waals surface area contributed by atoms with Gasteiger partial charge >= 0.3 is 0 Å². The van der Waals surface area contributed by atoms with Crippen LogP contribution in [0.3, 0.4) is 0 Å². The van der Waals surface area contributed by atoms with Crippen LogP contribution in [0.25, 0.3) is 0 Å². The average Bonchev–Trinajstić information content (AvgIpc) is 2.46. The summed E-state index contributed by atoms with van der Waals surface area (Å²) in [6.45, 7) is 1.61. The lowest BCUT2D eigenvalue weighted by atomic mass is 10.1. The van der Waals surface area contributed by atoms with Gasteiger partial charge in [-0.25, -0.2) is 0 Å². The molecule has 0 aromatic heterocycles. The summed E-state index contributed by atoms with van der Waals surface area (Å²) in [6, 6.07) is 12.0. The molecule has 0 heterocycles. The number of rotatable bonds is 5. The second kappa shape index (κ2) is 6.66. The van der Waals surface area contributed by atoms with Crippen LogP contribution >= 0.6 is 22.6 Å². The van der Waals surface area contributed by atoms with Crippen molar-refractivity contribution in [3.63, 3.8) is 0 Å². The minimum Gasteiger partial charge on any atom is -0.489 e. The van der Waals surface area contributed by atoms with E-state index in [-0.39, 0.29) is 17.0 Å². The number of ketones is 1. The monoisotopic (exact) mass is 397 g/mol. The zero-order valence-electron chi connectivity index (χ0n) is 11.2.